The van der Waals surface area contributed by atoms with Gasteiger partial charge in [0.05, 0.1) is 17.5 Å². The maximum atomic E-state index is 13.7. The zero-order valence-electron chi connectivity index (χ0n) is 11.5. The molecule has 2 atom stereocenters. The molecule has 0 amide bonds. The number of nitrogens with one attached hydrogen (secondary N) is 1. The van der Waals surface area contributed by atoms with E-state index in [0.717, 1.165) is 12.5 Å². The first-order chi connectivity index (χ1) is 8.87. The van der Waals surface area contributed by atoms with Gasteiger partial charge in [-0.1, -0.05) is 13.8 Å². The molecule has 0 spiro atoms. The van der Waals surface area contributed by atoms with Gasteiger partial charge < -0.3 is 15.8 Å². The molecule has 0 bridgehead atoms. The molecule has 0 aliphatic heterocycles. The zero-order chi connectivity index (χ0) is 14.2. The van der Waals surface area contributed by atoms with Gasteiger partial charge in [-0.25, -0.2) is 8.78 Å². The lowest BCUT2D eigenvalue weighted by Gasteiger charge is -2.52. The Bertz CT molecular complexity index is 477. The zero-order valence-corrected chi connectivity index (χ0v) is 11.5. The van der Waals surface area contributed by atoms with Crippen molar-refractivity contribution in [2.24, 2.45) is 5.41 Å². The van der Waals surface area contributed by atoms with E-state index in [1.54, 1.807) is 0 Å². The molecule has 1 aliphatic carbocycles. The van der Waals surface area contributed by atoms with E-state index < -0.39 is 11.6 Å². The van der Waals surface area contributed by atoms with Crippen LogP contribution in [0.15, 0.2) is 12.1 Å². The number of rotatable bonds is 4. The standard InChI is InChI=1S/C14H20F2N2O/c1-4-19-11-7-10(14(11,2)3)18-13-9(17)6-5-8(15)12(13)16/h5-6,10-11,18H,4,7,17H2,1-3H3. The minimum Gasteiger partial charge on any atom is -0.397 e. The van der Waals surface area contributed by atoms with Crippen molar-refractivity contribution >= 4 is 11.4 Å². The van der Waals surface area contributed by atoms with Crippen molar-refractivity contribution in [3.8, 4) is 0 Å². The minimum absolute atomic E-state index is 0.0163. The largest absolute Gasteiger partial charge is 0.397 e. The number of benzene rings is 1. The molecule has 0 radical (unpaired) electrons. The van der Waals surface area contributed by atoms with E-state index in [1.807, 2.05) is 20.8 Å². The molecule has 1 aromatic carbocycles. The molecule has 0 heterocycles. The van der Waals surface area contributed by atoms with Gasteiger partial charge in [0.1, 0.15) is 0 Å². The smallest absolute Gasteiger partial charge is 0.183 e. The highest BCUT2D eigenvalue weighted by atomic mass is 19.2. The molecule has 2 unspecified atom stereocenters. The van der Waals surface area contributed by atoms with E-state index in [0.29, 0.717) is 6.61 Å². The van der Waals surface area contributed by atoms with Crippen LogP contribution in [0.4, 0.5) is 20.2 Å². The van der Waals surface area contributed by atoms with E-state index in [1.165, 1.54) is 6.07 Å². The number of hydrogen-bond donors (Lipinski definition) is 2. The van der Waals surface area contributed by atoms with Gasteiger partial charge in [0.25, 0.3) is 0 Å². The molecule has 1 saturated carbocycles. The van der Waals surface area contributed by atoms with Gasteiger partial charge in [-0.15, -0.1) is 0 Å². The number of hydrogen-bond acceptors (Lipinski definition) is 3. The Labute approximate surface area is 112 Å². The van der Waals surface area contributed by atoms with E-state index >= 15 is 0 Å². The van der Waals surface area contributed by atoms with E-state index in [4.69, 9.17) is 10.5 Å². The molecule has 1 aliphatic rings. The summed E-state index contributed by atoms with van der Waals surface area (Å²) in [6.07, 6.45) is 0.892. The van der Waals surface area contributed by atoms with Crippen LogP contribution in [0.5, 0.6) is 0 Å². The summed E-state index contributed by atoms with van der Waals surface area (Å²) in [5.41, 5.74) is 5.83. The summed E-state index contributed by atoms with van der Waals surface area (Å²) in [5.74, 6) is -1.81. The maximum Gasteiger partial charge on any atom is 0.183 e. The second kappa shape index (κ2) is 4.96. The molecule has 5 heteroatoms. The van der Waals surface area contributed by atoms with Crippen LogP contribution in [0.2, 0.25) is 0 Å². The third-order valence-corrected chi connectivity index (χ3v) is 3.99. The van der Waals surface area contributed by atoms with Crippen molar-refractivity contribution in [1.29, 1.82) is 0 Å². The predicted octanol–water partition coefficient (Wildman–Crippen LogP) is 3.16. The Morgan fingerprint density at radius 1 is 1.42 bits per heavy atom. The molecular formula is C14H20F2N2O. The van der Waals surface area contributed by atoms with Crippen molar-refractivity contribution in [3.63, 3.8) is 0 Å². The van der Waals surface area contributed by atoms with Gasteiger partial charge in [-0.2, -0.15) is 0 Å². The van der Waals surface area contributed by atoms with Crippen molar-refractivity contribution in [1.82, 2.24) is 0 Å². The number of anilines is 2. The fourth-order valence-corrected chi connectivity index (χ4v) is 2.50. The molecular weight excluding hydrogens is 250 g/mol. The summed E-state index contributed by atoms with van der Waals surface area (Å²) >= 11 is 0. The van der Waals surface area contributed by atoms with E-state index in [2.05, 4.69) is 5.32 Å². The monoisotopic (exact) mass is 270 g/mol. The van der Waals surface area contributed by atoms with Crippen LogP contribution in [0, 0.1) is 17.0 Å². The third-order valence-electron chi connectivity index (χ3n) is 3.99. The lowest BCUT2D eigenvalue weighted by molar-refractivity contribution is -0.0976. The summed E-state index contributed by atoms with van der Waals surface area (Å²) in [7, 11) is 0. The fraction of sp³-hybridized carbons (Fsp3) is 0.571. The SMILES string of the molecule is CCOC1CC(Nc2c(N)ccc(F)c2F)C1(C)C. The van der Waals surface area contributed by atoms with Gasteiger partial charge in [-0.05, 0) is 25.5 Å². The molecule has 3 N–H and O–H groups in total. The van der Waals surface area contributed by atoms with Crippen LogP contribution < -0.4 is 11.1 Å². The summed E-state index contributed by atoms with van der Waals surface area (Å²) < 4.78 is 32.6. The Morgan fingerprint density at radius 3 is 2.68 bits per heavy atom. The van der Waals surface area contributed by atoms with E-state index in [9.17, 15) is 8.78 Å². The highest BCUT2D eigenvalue weighted by Crippen LogP contribution is 2.45. The van der Waals surface area contributed by atoms with Crippen LogP contribution in [0.1, 0.15) is 27.2 Å². The minimum atomic E-state index is -0.921. The number of nitrogens with two attached hydrogens (primary N) is 1. The molecule has 106 valence electrons. The second-order valence-corrected chi connectivity index (χ2v) is 5.52. The number of ether oxygens (including phenoxy) is 1. The highest BCUT2D eigenvalue weighted by Gasteiger charge is 2.49. The van der Waals surface area contributed by atoms with Crippen molar-refractivity contribution < 1.29 is 13.5 Å². The second-order valence-electron chi connectivity index (χ2n) is 5.52. The molecule has 3 nitrogen and oxygen atoms in total. The molecule has 1 aromatic rings. The molecule has 0 saturated heterocycles. The van der Waals surface area contributed by atoms with Crippen LogP contribution in [-0.4, -0.2) is 18.8 Å². The Morgan fingerprint density at radius 2 is 2.11 bits per heavy atom. The summed E-state index contributed by atoms with van der Waals surface area (Å²) in [4.78, 5) is 0. The molecule has 1 fully saturated rings. The average molecular weight is 270 g/mol. The maximum absolute atomic E-state index is 13.7. The lowest BCUT2D eigenvalue weighted by Crippen LogP contribution is -2.58. The van der Waals surface area contributed by atoms with Crippen LogP contribution in [0.25, 0.3) is 0 Å². The van der Waals surface area contributed by atoms with Gasteiger partial charge in [-0.3, -0.25) is 0 Å². The first kappa shape index (κ1) is 14.1. The molecule has 19 heavy (non-hydrogen) atoms. The molecule has 2 rings (SSSR count). The summed E-state index contributed by atoms with van der Waals surface area (Å²) in [5, 5.41) is 3.01. The van der Waals surface area contributed by atoms with Crippen molar-refractivity contribution in [2.45, 2.75) is 39.3 Å². The quantitative estimate of drug-likeness (QED) is 0.826. The van der Waals surface area contributed by atoms with Gasteiger partial charge in [0.15, 0.2) is 11.6 Å². The van der Waals surface area contributed by atoms with Crippen LogP contribution in [-0.2, 0) is 4.74 Å². The molecule has 0 aromatic heterocycles. The van der Waals surface area contributed by atoms with Crippen molar-refractivity contribution in [3.05, 3.63) is 23.8 Å². The fourth-order valence-electron chi connectivity index (χ4n) is 2.50. The van der Waals surface area contributed by atoms with E-state index in [-0.39, 0.29) is 28.9 Å². The van der Waals surface area contributed by atoms with Crippen molar-refractivity contribution in [2.75, 3.05) is 17.7 Å². The predicted molar refractivity (Wildman–Crippen MR) is 72.0 cm³/mol. The topological polar surface area (TPSA) is 47.3 Å². The number of halogens is 2. The lowest BCUT2D eigenvalue weighted by atomic mass is 9.64. The van der Waals surface area contributed by atoms with Gasteiger partial charge >= 0.3 is 0 Å². The van der Waals surface area contributed by atoms with Gasteiger partial charge in [0.2, 0.25) is 0 Å². The van der Waals surface area contributed by atoms with Crippen LogP contribution in [0.3, 0.4) is 0 Å². The normalized spacial score (nSPS) is 24.9. The average Bonchev–Trinajstić information content (AvgIpc) is 2.36. The Balaban J connectivity index is 2.14. The first-order valence-electron chi connectivity index (χ1n) is 6.49. The summed E-state index contributed by atoms with van der Waals surface area (Å²) in [6.45, 7) is 6.68. The number of nitrogen functional groups attached to an aromatic ring is 1. The highest BCUT2D eigenvalue weighted by molar-refractivity contribution is 5.67. The first-order valence-corrected chi connectivity index (χ1v) is 6.49. The van der Waals surface area contributed by atoms with Crippen LogP contribution >= 0.6 is 0 Å². The van der Waals surface area contributed by atoms with Gasteiger partial charge in [0, 0.05) is 18.1 Å². The Kier molecular flexibility index (Phi) is 3.67. The Hall–Kier alpha value is -1.36. The third kappa shape index (κ3) is 2.39. The summed E-state index contributed by atoms with van der Waals surface area (Å²) in [6, 6.07) is 2.42.